The van der Waals surface area contributed by atoms with E-state index in [1.54, 1.807) is 7.11 Å². The number of para-hydroxylation sites is 1. The van der Waals surface area contributed by atoms with Gasteiger partial charge in [-0.05, 0) is 38.2 Å². The fraction of sp³-hybridized carbons (Fsp3) is 0.684. The first-order valence-corrected chi connectivity index (χ1v) is 8.63. The summed E-state index contributed by atoms with van der Waals surface area (Å²) in [7, 11) is 1.76. The van der Waals surface area contributed by atoms with Gasteiger partial charge in [-0.2, -0.15) is 0 Å². The molecule has 2 nitrogen and oxygen atoms in total. The van der Waals surface area contributed by atoms with Crippen molar-refractivity contribution in [3.05, 3.63) is 29.8 Å². The summed E-state index contributed by atoms with van der Waals surface area (Å²) in [6.07, 6.45) is 9.58. The van der Waals surface area contributed by atoms with Crippen LogP contribution in [0.15, 0.2) is 24.3 Å². The third kappa shape index (κ3) is 4.74. The summed E-state index contributed by atoms with van der Waals surface area (Å²) >= 11 is 0. The lowest BCUT2D eigenvalue weighted by Crippen LogP contribution is -2.31. The smallest absolute Gasteiger partial charge is 0.123 e. The highest BCUT2D eigenvalue weighted by atomic mass is 16.5. The number of nitrogens with one attached hydrogen (secondary N) is 1. The SMILES string of the molecule is CCCC1CCCC(NC(C)c2ccccc2OC)CC1. The summed E-state index contributed by atoms with van der Waals surface area (Å²) in [6, 6.07) is 9.38. The fourth-order valence-electron chi connectivity index (χ4n) is 3.71. The number of benzene rings is 1. The molecule has 1 aliphatic rings. The van der Waals surface area contributed by atoms with Gasteiger partial charge in [-0.25, -0.2) is 0 Å². The summed E-state index contributed by atoms with van der Waals surface area (Å²) in [5, 5.41) is 3.83. The van der Waals surface area contributed by atoms with E-state index in [0.717, 1.165) is 11.7 Å². The highest BCUT2D eigenvalue weighted by Gasteiger charge is 2.21. The van der Waals surface area contributed by atoms with Crippen LogP contribution < -0.4 is 10.1 Å². The van der Waals surface area contributed by atoms with E-state index in [0.29, 0.717) is 12.1 Å². The molecule has 118 valence electrons. The third-order valence-corrected chi connectivity index (χ3v) is 4.88. The predicted molar refractivity (Wildman–Crippen MR) is 89.8 cm³/mol. The molecular formula is C19H31NO. The maximum Gasteiger partial charge on any atom is 0.123 e. The number of methoxy groups -OCH3 is 1. The minimum atomic E-state index is 0.355. The normalized spacial score (nSPS) is 24.3. The molecule has 0 spiro atoms. The number of ether oxygens (including phenoxy) is 1. The van der Waals surface area contributed by atoms with Crippen LogP contribution in [0.1, 0.15) is 70.4 Å². The zero-order valence-corrected chi connectivity index (χ0v) is 13.9. The number of hydrogen-bond acceptors (Lipinski definition) is 2. The van der Waals surface area contributed by atoms with Crippen LogP contribution in [0.3, 0.4) is 0 Å². The van der Waals surface area contributed by atoms with Gasteiger partial charge in [0.15, 0.2) is 0 Å². The Morgan fingerprint density at radius 1 is 1.19 bits per heavy atom. The standard InChI is InChI=1S/C19H31NO/c1-4-8-16-9-7-10-17(14-13-16)20-15(2)18-11-5-6-12-19(18)21-3/h5-6,11-12,15-17,20H,4,7-10,13-14H2,1-3H3. The maximum absolute atomic E-state index is 5.49. The average Bonchev–Trinajstić information content (AvgIpc) is 2.73. The quantitative estimate of drug-likeness (QED) is 0.736. The van der Waals surface area contributed by atoms with E-state index in [1.807, 2.05) is 6.07 Å². The van der Waals surface area contributed by atoms with Crippen molar-refractivity contribution in [2.24, 2.45) is 5.92 Å². The summed E-state index contributed by atoms with van der Waals surface area (Å²) in [5.41, 5.74) is 1.27. The third-order valence-electron chi connectivity index (χ3n) is 4.88. The zero-order chi connectivity index (χ0) is 15.1. The van der Waals surface area contributed by atoms with E-state index < -0.39 is 0 Å². The van der Waals surface area contributed by atoms with Gasteiger partial charge in [0.2, 0.25) is 0 Å². The maximum atomic E-state index is 5.49. The Bertz CT molecular complexity index is 418. The van der Waals surface area contributed by atoms with E-state index in [2.05, 4.69) is 37.4 Å². The first kappa shape index (κ1) is 16.4. The van der Waals surface area contributed by atoms with Crippen molar-refractivity contribution >= 4 is 0 Å². The van der Waals surface area contributed by atoms with Crippen molar-refractivity contribution in [3.8, 4) is 5.75 Å². The van der Waals surface area contributed by atoms with Crippen LogP contribution in [0.25, 0.3) is 0 Å². The van der Waals surface area contributed by atoms with Gasteiger partial charge in [0.1, 0.15) is 5.75 Å². The van der Waals surface area contributed by atoms with Gasteiger partial charge in [-0.15, -0.1) is 0 Å². The Labute approximate surface area is 130 Å². The molecule has 3 atom stereocenters. The molecule has 1 fully saturated rings. The molecule has 2 heteroatoms. The molecule has 0 aromatic heterocycles. The molecule has 0 amide bonds. The van der Waals surface area contributed by atoms with Crippen LogP contribution in [-0.4, -0.2) is 13.2 Å². The molecular weight excluding hydrogens is 258 g/mol. The van der Waals surface area contributed by atoms with E-state index >= 15 is 0 Å². The predicted octanol–water partition coefficient (Wildman–Crippen LogP) is 5.09. The van der Waals surface area contributed by atoms with Gasteiger partial charge in [0.05, 0.1) is 7.11 Å². The van der Waals surface area contributed by atoms with Crippen LogP contribution >= 0.6 is 0 Å². The lowest BCUT2D eigenvalue weighted by atomic mass is 9.95. The van der Waals surface area contributed by atoms with E-state index in [9.17, 15) is 0 Å². The second kappa shape index (κ2) is 8.43. The Hall–Kier alpha value is -1.02. The number of hydrogen-bond donors (Lipinski definition) is 1. The van der Waals surface area contributed by atoms with Crippen LogP contribution in [0.2, 0.25) is 0 Å². The molecule has 1 aromatic rings. The molecule has 2 rings (SSSR count). The van der Waals surface area contributed by atoms with Crippen molar-refractivity contribution < 1.29 is 4.74 Å². The highest BCUT2D eigenvalue weighted by Crippen LogP contribution is 2.29. The second-order valence-electron chi connectivity index (χ2n) is 6.49. The summed E-state index contributed by atoms with van der Waals surface area (Å²) in [5.74, 6) is 1.96. The van der Waals surface area contributed by atoms with Crippen molar-refractivity contribution in [1.29, 1.82) is 0 Å². The minimum absolute atomic E-state index is 0.355. The molecule has 21 heavy (non-hydrogen) atoms. The van der Waals surface area contributed by atoms with Gasteiger partial charge in [0, 0.05) is 17.6 Å². The second-order valence-corrected chi connectivity index (χ2v) is 6.49. The highest BCUT2D eigenvalue weighted by molar-refractivity contribution is 5.35. The van der Waals surface area contributed by atoms with Gasteiger partial charge >= 0.3 is 0 Å². The van der Waals surface area contributed by atoms with Crippen LogP contribution in [0.5, 0.6) is 5.75 Å². The Morgan fingerprint density at radius 3 is 2.76 bits per heavy atom. The van der Waals surface area contributed by atoms with E-state index in [1.165, 1.54) is 50.5 Å². The monoisotopic (exact) mass is 289 g/mol. The summed E-state index contributed by atoms with van der Waals surface area (Å²) in [4.78, 5) is 0. The average molecular weight is 289 g/mol. The van der Waals surface area contributed by atoms with Crippen molar-refractivity contribution in [3.63, 3.8) is 0 Å². The Kier molecular flexibility index (Phi) is 6.56. The minimum Gasteiger partial charge on any atom is -0.496 e. The van der Waals surface area contributed by atoms with E-state index in [-0.39, 0.29) is 0 Å². The fourth-order valence-corrected chi connectivity index (χ4v) is 3.71. The van der Waals surface area contributed by atoms with Crippen molar-refractivity contribution in [2.75, 3.05) is 7.11 Å². The summed E-state index contributed by atoms with van der Waals surface area (Å²) in [6.45, 7) is 4.57. The molecule has 0 aliphatic heterocycles. The van der Waals surface area contributed by atoms with Crippen molar-refractivity contribution in [1.82, 2.24) is 5.32 Å². The van der Waals surface area contributed by atoms with Gasteiger partial charge < -0.3 is 10.1 Å². The molecule has 1 aliphatic carbocycles. The Balaban J connectivity index is 1.91. The zero-order valence-electron chi connectivity index (χ0n) is 13.9. The van der Waals surface area contributed by atoms with Gasteiger partial charge in [-0.3, -0.25) is 0 Å². The lowest BCUT2D eigenvalue weighted by molar-refractivity contribution is 0.375. The van der Waals surface area contributed by atoms with Crippen LogP contribution in [-0.2, 0) is 0 Å². The largest absolute Gasteiger partial charge is 0.496 e. The van der Waals surface area contributed by atoms with Crippen LogP contribution in [0.4, 0.5) is 0 Å². The topological polar surface area (TPSA) is 21.3 Å². The molecule has 1 N–H and O–H groups in total. The molecule has 1 aromatic carbocycles. The first-order chi connectivity index (χ1) is 10.2. The molecule has 1 saturated carbocycles. The molecule has 0 radical (unpaired) electrons. The molecule has 0 bridgehead atoms. The number of rotatable bonds is 6. The summed E-state index contributed by atoms with van der Waals surface area (Å²) < 4.78 is 5.49. The first-order valence-electron chi connectivity index (χ1n) is 8.63. The van der Waals surface area contributed by atoms with Gasteiger partial charge in [0.25, 0.3) is 0 Å². The van der Waals surface area contributed by atoms with Crippen molar-refractivity contribution in [2.45, 2.75) is 70.9 Å². The Morgan fingerprint density at radius 2 is 2.00 bits per heavy atom. The van der Waals surface area contributed by atoms with Crippen LogP contribution in [0, 0.1) is 5.92 Å². The molecule has 0 saturated heterocycles. The lowest BCUT2D eigenvalue weighted by Gasteiger charge is -2.24. The van der Waals surface area contributed by atoms with E-state index in [4.69, 9.17) is 4.74 Å². The van der Waals surface area contributed by atoms with Gasteiger partial charge in [-0.1, -0.05) is 50.8 Å². The molecule has 3 unspecified atom stereocenters. The molecule has 0 heterocycles.